The number of nitrogens with zero attached hydrogens (tertiary/aromatic N) is 6. The molecule has 0 bridgehead atoms. The van der Waals surface area contributed by atoms with Crippen LogP contribution in [0.25, 0.3) is 0 Å². The molecule has 0 saturated carbocycles. The molecule has 0 aromatic carbocycles. The Bertz CT molecular complexity index is 810. The fraction of sp³-hybridized carbons (Fsp3) is 0.562. The molecule has 1 aliphatic heterocycles. The molecule has 1 fully saturated rings. The van der Waals surface area contributed by atoms with Gasteiger partial charge in [0.1, 0.15) is 5.82 Å². The lowest BCUT2D eigenvalue weighted by Gasteiger charge is -2.32. The topological polar surface area (TPSA) is 95.1 Å². The maximum absolute atomic E-state index is 12.7. The van der Waals surface area contributed by atoms with Crippen molar-refractivity contribution in [3.8, 4) is 6.01 Å². The van der Waals surface area contributed by atoms with Gasteiger partial charge in [-0.15, -0.1) is 0 Å². The largest absolute Gasteiger partial charge is 0.467 e. The minimum Gasteiger partial charge on any atom is -0.467 e. The molecule has 9 heteroatoms. The van der Waals surface area contributed by atoms with Gasteiger partial charge in [0.2, 0.25) is 0 Å². The summed E-state index contributed by atoms with van der Waals surface area (Å²) in [5, 5.41) is 4.38. The summed E-state index contributed by atoms with van der Waals surface area (Å²) in [7, 11) is 3.13. The van der Waals surface area contributed by atoms with Crippen molar-refractivity contribution in [1.29, 1.82) is 0 Å². The molecule has 1 amide bonds. The van der Waals surface area contributed by atoms with Crippen molar-refractivity contribution in [3.63, 3.8) is 0 Å². The van der Waals surface area contributed by atoms with Gasteiger partial charge < -0.3 is 9.64 Å². The van der Waals surface area contributed by atoms with Gasteiger partial charge in [0, 0.05) is 45.0 Å². The van der Waals surface area contributed by atoms with Crippen molar-refractivity contribution in [2.45, 2.75) is 32.2 Å². The van der Waals surface area contributed by atoms with E-state index < -0.39 is 0 Å². The van der Waals surface area contributed by atoms with E-state index in [9.17, 15) is 9.59 Å². The maximum atomic E-state index is 12.7. The Morgan fingerprint density at radius 1 is 1.36 bits per heavy atom. The monoisotopic (exact) mass is 346 g/mol. The van der Waals surface area contributed by atoms with E-state index in [1.807, 2.05) is 6.92 Å². The molecule has 9 nitrogen and oxygen atoms in total. The molecule has 0 aliphatic carbocycles. The third-order valence-electron chi connectivity index (χ3n) is 4.48. The van der Waals surface area contributed by atoms with Crippen LogP contribution >= 0.6 is 0 Å². The Morgan fingerprint density at radius 2 is 2.08 bits per heavy atom. The van der Waals surface area contributed by atoms with Crippen LogP contribution in [-0.2, 0) is 13.6 Å². The lowest BCUT2D eigenvalue weighted by molar-refractivity contribution is 0.0702. The molecule has 1 unspecified atom stereocenters. The van der Waals surface area contributed by atoms with Gasteiger partial charge in [0.05, 0.1) is 12.7 Å². The Balaban J connectivity index is 1.80. The zero-order chi connectivity index (χ0) is 18.0. The minimum absolute atomic E-state index is 0.0470. The molecular weight excluding hydrogens is 324 g/mol. The van der Waals surface area contributed by atoms with E-state index in [4.69, 9.17) is 4.74 Å². The molecule has 3 heterocycles. The zero-order valence-corrected chi connectivity index (χ0v) is 14.7. The highest BCUT2D eigenvalue weighted by atomic mass is 16.5. The van der Waals surface area contributed by atoms with Crippen LogP contribution < -0.4 is 10.4 Å². The lowest BCUT2D eigenvalue weighted by atomic mass is 9.96. The predicted octanol–water partition coefficient (Wildman–Crippen LogP) is 0.420. The molecule has 1 atom stereocenters. The van der Waals surface area contributed by atoms with Crippen LogP contribution in [0, 0.1) is 0 Å². The number of amides is 1. The summed E-state index contributed by atoms with van der Waals surface area (Å²) in [6.07, 6.45) is 4.71. The smallest absolute Gasteiger partial charge is 0.345 e. The van der Waals surface area contributed by atoms with Gasteiger partial charge in [-0.25, -0.2) is 19.4 Å². The minimum atomic E-state index is -0.121. The average Bonchev–Trinajstić information content (AvgIpc) is 2.95. The Labute approximate surface area is 145 Å². The van der Waals surface area contributed by atoms with E-state index >= 15 is 0 Å². The summed E-state index contributed by atoms with van der Waals surface area (Å²) in [5.41, 5.74) is 0.305. The molecule has 0 radical (unpaired) electrons. The number of carbonyl (C=O) groups is 1. The van der Waals surface area contributed by atoms with Crippen LogP contribution in [0.1, 0.15) is 41.9 Å². The molecule has 1 saturated heterocycles. The highest BCUT2D eigenvalue weighted by Gasteiger charge is 2.29. The van der Waals surface area contributed by atoms with Crippen molar-refractivity contribution in [1.82, 2.24) is 29.2 Å². The van der Waals surface area contributed by atoms with Gasteiger partial charge in [-0.1, -0.05) is 0 Å². The van der Waals surface area contributed by atoms with E-state index in [-0.39, 0.29) is 23.5 Å². The second-order valence-electron chi connectivity index (χ2n) is 6.06. The van der Waals surface area contributed by atoms with Crippen molar-refractivity contribution in [3.05, 3.63) is 34.3 Å². The Hall–Kier alpha value is -2.71. The third kappa shape index (κ3) is 3.26. The summed E-state index contributed by atoms with van der Waals surface area (Å²) in [6, 6.07) is 0.230. The van der Waals surface area contributed by atoms with Crippen LogP contribution in [0.2, 0.25) is 0 Å². The highest BCUT2D eigenvalue weighted by Crippen LogP contribution is 2.26. The van der Waals surface area contributed by atoms with Crippen LogP contribution in [0.3, 0.4) is 0 Å². The number of carbonyl (C=O) groups excluding carboxylic acids is 1. The zero-order valence-electron chi connectivity index (χ0n) is 14.7. The number of aromatic nitrogens is 5. The number of hydrogen-bond donors (Lipinski definition) is 0. The number of hydrogen-bond acceptors (Lipinski definition) is 6. The van der Waals surface area contributed by atoms with E-state index in [0.29, 0.717) is 25.2 Å². The van der Waals surface area contributed by atoms with Gasteiger partial charge in [-0.2, -0.15) is 5.10 Å². The van der Waals surface area contributed by atoms with Crippen LogP contribution in [0.4, 0.5) is 0 Å². The number of piperidine rings is 1. The van der Waals surface area contributed by atoms with E-state index in [1.165, 1.54) is 24.2 Å². The summed E-state index contributed by atoms with van der Waals surface area (Å²) in [6.45, 7) is 3.69. The number of methoxy groups -OCH3 is 1. The third-order valence-corrected chi connectivity index (χ3v) is 4.48. The van der Waals surface area contributed by atoms with E-state index in [1.54, 1.807) is 16.5 Å². The molecule has 3 rings (SSSR count). The normalized spacial score (nSPS) is 17.6. The first kappa shape index (κ1) is 17.1. The standard InChI is InChI=1S/C16H22N6O3/c1-4-22-13(19-20(2)16(22)24)11-6-5-7-21(10-11)14(23)12-8-17-15(25-3)18-9-12/h8-9,11H,4-7,10H2,1-3H3. The van der Waals surface area contributed by atoms with Gasteiger partial charge in [-0.05, 0) is 19.8 Å². The van der Waals surface area contributed by atoms with Gasteiger partial charge in [0.15, 0.2) is 0 Å². The second-order valence-corrected chi connectivity index (χ2v) is 6.06. The second kappa shape index (κ2) is 7.04. The fourth-order valence-corrected chi connectivity index (χ4v) is 3.21. The highest BCUT2D eigenvalue weighted by molar-refractivity contribution is 5.93. The summed E-state index contributed by atoms with van der Waals surface area (Å²) >= 11 is 0. The first-order valence-electron chi connectivity index (χ1n) is 8.34. The molecule has 25 heavy (non-hydrogen) atoms. The molecule has 0 N–H and O–H groups in total. The van der Waals surface area contributed by atoms with Crippen molar-refractivity contribution in [2.24, 2.45) is 7.05 Å². The van der Waals surface area contributed by atoms with Crippen LogP contribution in [0.5, 0.6) is 6.01 Å². The Morgan fingerprint density at radius 3 is 2.72 bits per heavy atom. The van der Waals surface area contributed by atoms with Crippen molar-refractivity contribution >= 4 is 5.91 Å². The maximum Gasteiger partial charge on any atom is 0.345 e. The molecule has 2 aromatic rings. The lowest BCUT2D eigenvalue weighted by Crippen LogP contribution is -2.40. The first-order valence-corrected chi connectivity index (χ1v) is 8.34. The summed E-state index contributed by atoms with van der Waals surface area (Å²) in [5.74, 6) is 0.679. The quantitative estimate of drug-likeness (QED) is 0.796. The summed E-state index contributed by atoms with van der Waals surface area (Å²) < 4.78 is 7.95. The molecule has 2 aromatic heterocycles. The van der Waals surface area contributed by atoms with Crippen LogP contribution in [0.15, 0.2) is 17.2 Å². The molecule has 1 aliphatic rings. The number of aryl methyl sites for hydroxylation is 1. The van der Waals surface area contributed by atoms with Gasteiger partial charge >= 0.3 is 11.7 Å². The molecule has 134 valence electrons. The van der Waals surface area contributed by atoms with Crippen LogP contribution in [-0.4, -0.2) is 55.3 Å². The van der Waals surface area contributed by atoms with E-state index in [0.717, 1.165) is 18.7 Å². The first-order chi connectivity index (χ1) is 12.0. The van der Waals surface area contributed by atoms with Gasteiger partial charge in [0.25, 0.3) is 5.91 Å². The number of rotatable bonds is 4. The summed E-state index contributed by atoms with van der Waals surface area (Å²) in [4.78, 5) is 34.6. The fourth-order valence-electron chi connectivity index (χ4n) is 3.21. The van der Waals surface area contributed by atoms with Gasteiger partial charge in [-0.3, -0.25) is 9.36 Å². The SMILES string of the molecule is CCn1c(C2CCCN(C(=O)c3cnc(OC)nc3)C2)nn(C)c1=O. The number of ether oxygens (including phenoxy) is 1. The Kier molecular flexibility index (Phi) is 4.82. The predicted molar refractivity (Wildman–Crippen MR) is 89.6 cm³/mol. The molecule has 0 spiro atoms. The average molecular weight is 346 g/mol. The molecular formula is C16H22N6O3. The van der Waals surface area contributed by atoms with Crippen molar-refractivity contribution in [2.75, 3.05) is 20.2 Å². The number of likely N-dealkylation sites (tertiary alicyclic amines) is 1. The van der Waals surface area contributed by atoms with E-state index in [2.05, 4.69) is 15.1 Å². The van der Waals surface area contributed by atoms with Crippen molar-refractivity contribution < 1.29 is 9.53 Å².